The molecule has 0 heterocycles. The van der Waals surface area contributed by atoms with Gasteiger partial charge in [-0.3, -0.25) is 4.79 Å². The number of carbonyl (C=O) groups excluding carboxylic acids is 1. The molecule has 0 spiro atoms. The topological polar surface area (TPSA) is 85.6 Å². The molecule has 0 fully saturated rings. The van der Waals surface area contributed by atoms with Crippen molar-refractivity contribution in [1.82, 2.24) is 5.32 Å². The van der Waals surface area contributed by atoms with E-state index in [0.29, 0.717) is 24.6 Å². The predicted molar refractivity (Wildman–Crippen MR) is 70.8 cm³/mol. The molecule has 4 N–H and O–H groups in total. The van der Waals surface area contributed by atoms with Crippen LogP contribution in [0.1, 0.15) is 0 Å². The van der Waals surface area contributed by atoms with Crippen molar-refractivity contribution in [3.8, 4) is 5.75 Å². The van der Waals surface area contributed by atoms with Crippen molar-refractivity contribution < 1.29 is 14.3 Å². The number of rotatable bonds is 7. The summed E-state index contributed by atoms with van der Waals surface area (Å²) in [5, 5.41) is 5.70. The molecule has 1 amide bonds. The monoisotopic (exact) mass is 253 g/mol. The molecule has 6 nitrogen and oxygen atoms in total. The fourth-order valence-corrected chi connectivity index (χ4v) is 1.36. The van der Waals surface area contributed by atoms with E-state index in [-0.39, 0.29) is 12.5 Å². The summed E-state index contributed by atoms with van der Waals surface area (Å²) in [4.78, 5) is 11.4. The molecule has 100 valence electrons. The zero-order chi connectivity index (χ0) is 13.4. The maximum absolute atomic E-state index is 11.4. The number of carbonyl (C=O) groups is 1. The van der Waals surface area contributed by atoms with Gasteiger partial charge in [-0.15, -0.1) is 0 Å². The van der Waals surface area contributed by atoms with Gasteiger partial charge in [0.15, 0.2) is 0 Å². The van der Waals surface area contributed by atoms with E-state index in [0.717, 1.165) is 5.69 Å². The molecule has 0 aliphatic carbocycles. The molecule has 0 aliphatic heterocycles. The van der Waals surface area contributed by atoms with E-state index >= 15 is 0 Å². The lowest BCUT2D eigenvalue weighted by Crippen LogP contribution is -2.32. The quantitative estimate of drug-likeness (QED) is 0.485. The van der Waals surface area contributed by atoms with Crippen LogP contribution in [0.3, 0.4) is 0 Å². The Bertz CT molecular complexity index is 396. The largest absolute Gasteiger partial charge is 0.495 e. The van der Waals surface area contributed by atoms with Crippen LogP contribution in [0.25, 0.3) is 0 Å². The number of amides is 1. The molecular weight excluding hydrogens is 234 g/mol. The van der Waals surface area contributed by atoms with Crippen LogP contribution < -0.4 is 21.1 Å². The number of nitrogens with two attached hydrogens (primary N) is 1. The van der Waals surface area contributed by atoms with Crippen LogP contribution in [0.4, 0.5) is 11.4 Å². The van der Waals surface area contributed by atoms with Gasteiger partial charge < -0.3 is 25.8 Å². The van der Waals surface area contributed by atoms with E-state index in [2.05, 4.69) is 10.6 Å². The second-order valence-corrected chi connectivity index (χ2v) is 3.65. The fourth-order valence-electron chi connectivity index (χ4n) is 1.36. The Morgan fingerprint density at radius 3 is 2.83 bits per heavy atom. The molecule has 0 unspecified atom stereocenters. The summed E-state index contributed by atoms with van der Waals surface area (Å²) in [5.41, 5.74) is 7.03. The Balaban J connectivity index is 2.41. The predicted octanol–water partition coefficient (Wildman–Crippen LogP) is 0.452. The van der Waals surface area contributed by atoms with Crippen LogP contribution in [0.15, 0.2) is 18.2 Å². The van der Waals surface area contributed by atoms with E-state index < -0.39 is 0 Å². The number of anilines is 2. The molecule has 0 bridgehead atoms. The first-order valence-corrected chi connectivity index (χ1v) is 5.60. The minimum Gasteiger partial charge on any atom is -0.495 e. The lowest BCUT2D eigenvalue weighted by Gasteiger charge is -2.10. The first-order chi connectivity index (χ1) is 8.67. The zero-order valence-electron chi connectivity index (χ0n) is 10.7. The minimum absolute atomic E-state index is 0.0946. The van der Waals surface area contributed by atoms with Crippen LogP contribution in [0.2, 0.25) is 0 Å². The van der Waals surface area contributed by atoms with Crippen molar-refractivity contribution in [2.24, 2.45) is 0 Å². The van der Waals surface area contributed by atoms with E-state index in [9.17, 15) is 4.79 Å². The second kappa shape index (κ2) is 7.39. The highest BCUT2D eigenvalue weighted by molar-refractivity contribution is 5.80. The van der Waals surface area contributed by atoms with Gasteiger partial charge in [-0.2, -0.15) is 0 Å². The number of nitrogens with one attached hydrogen (secondary N) is 2. The van der Waals surface area contributed by atoms with E-state index in [1.807, 2.05) is 0 Å². The zero-order valence-corrected chi connectivity index (χ0v) is 10.7. The Hall–Kier alpha value is -1.95. The summed E-state index contributed by atoms with van der Waals surface area (Å²) in [6.45, 7) is 1.19. The molecular formula is C12H19N3O3. The number of nitrogen functional groups attached to an aromatic ring is 1. The summed E-state index contributed by atoms with van der Waals surface area (Å²) in [5.74, 6) is 0.489. The first kappa shape index (κ1) is 14.1. The van der Waals surface area contributed by atoms with Gasteiger partial charge in [0.2, 0.25) is 5.91 Å². The molecule has 0 saturated carbocycles. The van der Waals surface area contributed by atoms with Gasteiger partial charge in [-0.05, 0) is 12.1 Å². The SMILES string of the molecule is COCCNC(=O)CNc1ccc(N)c(OC)c1. The molecule has 6 heteroatoms. The number of methoxy groups -OCH3 is 2. The average molecular weight is 253 g/mol. The molecule has 0 radical (unpaired) electrons. The Labute approximate surface area is 106 Å². The lowest BCUT2D eigenvalue weighted by molar-refractivity contribution is -0.119. The summed E-state index contributed by atoms with van der Waals surface area (Å²) < 4.78 is 9.92. The standard InChI is InChI=1S/C12H19N3O3/c1-17-6-5-14-12(16)8-15-9-3-4-10(13)11(7-9)18-2/h3-4,7,15H,5-6,8,13H2,1-2H3,(H,14,16). The highest BCUT2D eigenvalue weighted by atomic mass is 16.5. The van der Waals surface area contributed by atoms with Crippen molar-refractivity contribution in [1.29, 1.82) is 0 Å². The Morgan fingerprint density at radius 2 is 2.17 bits per heavy atom. The number of ether oxygens (including phenoxy) is 2. The molecule has 1 aromatic rings. The van der Waals surface area contributed by atoms with Crippen molar-refractivity contribution in [2.45, 2.75) is 0 Å². The summed E-state index contributed by atoms with van der Waals surface area (Å²) in [6.07, 6.45) is 0. The van der Waals surface area contributed by atoms with Gasteiger partial charge in [0.25, 0.3) is 0 Å². The summed E-state index contributed by atoms with van der Waals surface area (Å²) in [7, 11) is 3.14. The van der Waals surface area contributed by atoms with Gasteiger partial charge in [-0.1, -0.05) is 0 Å². The van der Waals surface area contributed by atoms with Crippen molar-refractivity contribution in [3.63, 3.8) is 0 Å². The average Bonchev–Trinajstić information content (AvgIpc) is 2.38. The third-order valence-corrected chi connectivity index (χ3v) is 2.31. The van der Waals surface area contributed by atoms with E-state index in [1.165, 1.54) is 0 Å². The van der Waals surface area contributed by atoms with Gasteiger partial charge >= 0.3 is 0 Å². The van der Waals surface area contributed by atoms with Crippen molar-refractivity contribution in [3.05, 3.63) is 18.2 Å². The van der Waals surface area contributed by atoms with Crippen LogP contribution in [-0.4, -0.2) is 39.8 Å². The Morgan fingerprint density at radius 1 is 1.39 bits per heavy atom. The van der Waals surface area contributed by atoms with Crippen molar-refractivity contribution >= 4 is 17.3 Å². The minimum atomic E-state index is -0.0946. The Kier molecular flexibility index (Phi) is 5.79. The molecule has 0 aliphatic rings. The van der Waals surface area contributed by atoms with Gasteiger partial charge in [0, 0.05) is 25.4 Å². The molecule has 0 aromatic heterocycles. The molecule has 0 atom stereocenters. The van der Waals surface area contributed by atoms with Gasteiger partial charge in [0.05, 0.1) is 25.9 Å². The van der Waals surface area contributed by atoms with Crippen LogP contribution in [0, 0.1) is 0 Å². The maximum Gasteiger partial charge on any atom is 0.239 e. The lowest BCUT2D eigenvalue weighted by atomic mass is 10.2. The maximum atomic E-state index is 11.4. The highest BCUT2D eigenvalue weighted by Crippen LogP contribution is 2.24. The van der Waals surface area contributed by atoms with E-state index in [4.69, 9.17) is 15.2 Å². The number of hydrogen-bond donors (Lipinski definition) is 3. The number of hydrogen-bond acceptors (Lipinski definition) is 5. The second-order valence-electron chi connectivity index (χ2n) is 3.65. The van der Waals surface area contributed by atoms with Crippen LogP contribution >= 0.6 is 0 Å². The summed E-state index contributed by atoms with van der Waals surface area (Å²) in [6, 6.07) is 5.27. The van der Waals surface area contributed by atoms with Gasteiger partial charge in [0.1, 0.15) is 5.75 Å². The first-order valence-electron chi connectivity index (χ1n) is 5.60. The smallest absolute Gasteiger partial charge is 0.239 e. The highest BCUT2D eigenvalue weighted by Gasteiger charge is 2.03. The van der Waals surface area contributed by atoms with Crippen LogP contribution in [-0.2, 0) is 9.53 Å². The van der Waals surface area contributed by atoms with Gasteiger partial charge in [-0.25, -0.2) is 0 Å². The van der Waals surface area contributed by atoms with Crippen molar-refractivity contribution in [2.75, 3.05) is 45.0 Å². The van der Waals surface area contributed by atoms with Crippen LogP contribution in [0.5, 0.6) is 5.75 Å². The normalized spacial score (nSPS) is 9.89. The molecule has 1 rings (SSSR count). The third-order valence-electron chi connectivity index (χ3n) is 2.31. The third kappa shape index (κ3) is 4.50. The summed E-state index contributed by atoms with van der Waals surface area (Å²) >= 11 is 0. The van der Waals surface area contributed by atoms with E-state index in [1.54, 1.807) is 32.4 Å². The molecule has 1 aromatic carbocycles. The fraction of sp³-hybridized carbons (Fsp3) is 0.417. The molecule has 0 saturated heterocycles. The molecule has 18 heavy (non-hydrogen) atoms. The number of benzene rings is 1.